The van der Waals surface area contributed by atoms with Gasteiger partial charge in [0, 0.05) is 44.2 Å². The number of hydrogen-bond acceptors (Lipinski definition) is 4. The third-order valence-electron chi connectivity index (χ3n) is 4.66. The number of nitrogens with one attached hydrogen (secondary N) is 1. The average Bonchev–Trinajstić information content (AvgIpc) is 3.00. The van der Waals surface area contributed by atoms with Crippen LogP contribution >= 0.6 is 0 Å². The van der Waals surface area contributed by atoms with E-state index in [1.807, 2.05) is 11.8 Å². The van der Waals surface area contributed by atoms with Crippen molar-refractivity contribution in [3.63, 3.8) is 0 Å². The summed E-state index contributed by atoms with van der Waals surface area (Å²) in [5.41, 5.74) is 2.29. The van der Waals surface area contributed by atoms with E-state index in [0.29, 0.717) is 25.6 Å². The Morgan fingerprint density at radius 1 is 1.41 bits per heavy atom. The SMILES string of the molecule is Cc1cc([C@@H]2CCCN(CCC(=O)N3CCOCC3)C2)n[nH]1. The fourth-order valence-electron chi connectivity index (χ4n) is 3.37. The van der Waals surface area contributed by atoms with Crippen molar-refractivity contribution in [3.8, 4) is 0 Å². The molecule has 122 valence electrons. The van der Waals surface area contributed by atoms with Crippen molar-refractivity contribution in [1.29, 1.82) is 0 Å². The van der Waals surface area contributed by atoms with E-state index in [-0.39, 0.29) is 5.91 Å². The summed E-state index contributed by atoms with van der Waals surface area (Å²) < 4.78 is 5.30. The Bertz CT molecular complexity index is 496. The highest BCUT2D eigenvalue weighted by atomic mass is 16.5. The summed E-state index contributed by atoms with van der Waals surface area (Å²) in [6.07, 6.45) is 2.99. The summed E-state index contributed by atoms with van der Waals surface area (Å²) in [5, 5.41) is 7.43. The van der Waals surface area contributed by atoms with Gasteiger partial charge in [-0.05, 0) is 32.4 Å². The standard InChI is InChI=1S/C16H26N4O2/c1-13-11-15(18-17-13)14-3-2-5-19(12-14)6-4-16(21)20-7-9-22-10-8-20/h11,14H,2-10,12H2,1H3,(H,17,18)/t14-/m1/s1. The van der Waals surface area contributed by atoms with E-state index in [4.69, 9.17) is 4.74 Å². The molecule has 0 saturated carbocycles. The van der Waals surface area contributed by atoms with Gasteiger partial charge in [-0.1, -0.05) is 0 Å². The maximum Gasteiger partial charge on any atom is 0.224 e. The Balaban J connectivity index is 1.47. The normalized spacial score (nSPS) is 23.7. The third-order valence-corrected chi connectivity index (χ3v) is 4.66. The molecule has 0 aromatic carbocycles. The highest BCUT2D eigenvalue weighted by Gasteiger charge is 2.24. The number of amides is 1. The van der Waals surface area contributed by atoms with Gasteiger partial charge in [0.15, 0.2) is 0 Å². The molecule has 2 aliphatic heterocycles. The fourth-order valence-corrected chi connectivity index (χ4v) is 3.37. The Labute approximate surface area is 131 Å². The molecule has 0 spiro atoms. The van der Waals surface area contributed by atoms with E-state index >= 15 is 0 Å². The van der Waals surface area contributed by atoms with Crippen molar-refractivity contribution in [3.05, 3.63) is 17.5 Å². The molecule has 1 amide bonds. The van der Waals surface area contributed by atoms with Crippen LogP contribution in [0.1, 0.15) is 36.6 Å². The first kappa shape index (κ1) is 15.5. The second-order valence-electron chi connectivity index (χ2n) is 6.36. The van der Waals surface area contributed by atoms with Crippen molar-refractivity contribution >= 4 is 5.91 Å². The molecule has 2 aliphatic rings. The molecule has 0 aliphatic carbocycles. The van der Waals surface area contributed by atoms with Gasteiger partial charge in [-0.3, -0.25) is 9.89 Å². The quantitative estimate of drug-likeness (QED) is 0.906. The van der Waals surface area contributed by atoms with Gasteiger partial charge in [0.25, 0.3) is 0 Å². The Kier molecular flexibility index (Phi) is 5.10. The lowest BCUT2D eigenvalue weighted by atomic mass is 9.94. The van der Waals surface area contributed by atoms with E-state index < -0.39 is 0 Å². The number of rotatable bonds is 4. The van der Waals surface area contributed by atoms with E-state index in [0.717, 1.165) is 38.4 Å². The van der Waals surface area contributed by atoms with E-state index in [1.165, 1.54) is 18.5 Å². The van der Waals surface area contributed by atoms with Crippen LogP contribution in [-0.4, -0.2) is 71.8 Å². The minimum absolute atomic E-state index is 0.265. The first-order chi connectivity index (χ1) is 10.7. The number of morpholine rings is 1. The number of ether oxygens (including phenoxy) is 1. The summed E-state index contributed by atoms with van der Waals surface area (Å²) in [6, 6.07) is 2.15. The molecule has 6 heteroatoms. The largest absolute Gasteiger partial charge is 0.378 e. The maximum absolute atomic E-state index is 12.2. The molecular formula is C16H26N4O2. The van der Waals surface area contributed by atoms with Gasteiger partial charge < -0.3 is 14.5 Å². The first-order valence-electron chi connectivity index (χ1n) is 8.32. The lowest BCUT2D eigenvalue weighted by Gasteiger charge is -2.33. The lowest BCUT2D eigenvalue weighted by Crippen LogP contribution is -2.43. The Morgan fingerprint density at radius 2 is 2.23 bits per heavy atom. The summed E-state index contributed by atoms with van der Waals surface area (Å²) in [6.45, 7) is 7.85. The number of aryl methyl sites for hydroxylation is 1. The predicted molar refractivity (Wildman–Crippen MR) is 83.8 cm³/mol. The average molecular weight is 306 g/mol. The number of likely N-dealkylation sites (tertiary alicyclic amines) is 1. The van der Waals surface area contributed by atoms with Crippen LogP contribution in [0.4, 0.5) is 0 Å². The molecule has 1 aromatic heterocycles. The van der Waals surface area contributed by atoms with Crippen LogP contribution in [0.25, 0.3) is 0 Å². The number of nitrogens with zero attached hydrogens (tertiary/aromatic N) is 3. The molecule has 22 heavy (non-hydrogen) atoms. The minimum Gasteiger partial charge on any atom is -0.378 e. The van der Waals surface area contributed by atoms with Gasteiger partial charge in [-0.25, -0.2) is 0 Å². The van der Waals surface area contributed by atoms with Crippen LogP contribution < -0.4 is 0 Å². The smallest absolute Gasteiger partial charge is 0.224 e. The van der Waals surface area contributed by atoms with Gasteiger partial charge in [0.2, 0.25) is 5.91 Å². The van der Waals surface area contributed by atoms with Crippen LogP contribution in [0.3, 0.4) is 0 Å². The minimum atomic E-state index is 0.265. The molecule has 2 saturated heterocycles. The van der Waals surface area contributed by atoms with Crippen molar-refractivity contribution in [2.75, 3.05) is 45.9 Å². The van der Waals surface area contributed by atoms with Crippen molar-refractivity contribution in [1.82, 2.24) is 20.0 Å². The lowest BCUT2D eigenvalue weighted by molar-refractivity contribution is -0.135. The summed E-state index contributed by atoms with van der Waals surface area (Å²) in [5.74, 6) is 0.762. The van der Waals surface area contributed by atoms with Crippen molar-refractivity contribution < 1.29 is 9.53 Å². The van der Waals surface area contributed by atoms with E-state index in [2.05, 4.69) is 21.2 Å². The number of aromatic amines is 1. The number of H-pyrrole nitrogens is 1. The number of piperidine rings is 1. The van der Waals surface area contributed by atoms with Gasteiger partial charge in [-0.2, -0.15) is 5.10 Å². The number of hydrogen-bond donors (Lipinski definition) is 1. The van der Waals surface area contributed by atoms with Crippen LogP contribution in [0.2, 0.25) is 0 Å². The third kappa shape index (κ3) is 3.87. The monoisotopic (exact) mass is 306 g/mol. The van der Waals surface area contributed by atoms with Gasteiger partial charge in [0.05, 0.1) is 18.9 Å². The predicted octanol–water partition coefficient (Wildman–Crippen LogP) is 1.15. The molecule has 3 rings (SSSR count). The van der Waals surface area contributed by atoms with Crippen LogP contribution in [0, 0.1) is 6.92 Å². The van der Waals surface area contributed by atoms with E-state index in [9.17, 15) is 4.79 Å². The molecule has 0 bridgehead atoms. The van der Waals surface area contributed by atoms with Crippen molar-refractivity contribution in [2.24, 2.45) is 0 Å². The van der Waals surface area contributed by atoms with Gasteiger partial charge in [-0.15, -0.1) is 0 Å². The zero-order valence-electron chi connectivity index (χ0n) is 13.4. The zero-order valence-corrected chi connectivity index (χ0v) is 13.4. The Hall–Kier alpha value is -1.40. The summed E-state index contributed by atoms with van der Waals surface area (Å²) in [4.78, 5) is 16.6. The fraction of sp³-hybridized carbons (Fsp3) is 0.750. The highest BCUT2D eigenvalue weighted by Crippen LogP contribution is 2.25. The molecule has 3 heterocycles. The van der Waals surface area contributed by atoms with Gasteiger partial charge in [0.1, 0.15) is 0 Å². The molecule has 6 nitrogen and oxygen atoms in total. The first-order valence-corrected chi connectivity index (χ1v) is 8.32. The number of carbonyl (C=O) groups is 1. The molecule has 1 N–H and O–H groups in total. The van der Waals surface area contributed by atoms with Crippen LogP contribution in [0.5, 0.6) is 0 Å². The highest BCUT2D eigenvalue weighted by molar-refractivity contribution is 5.76. The molecule has 0 unspecified atom stereocenters. The van der Waals surface area contributed by atoms with E-state index in [1.54, 1.807) is 0 Å². The second-order valence-corrected chi connectivity index (χ2v) is 6.36. The second kappa shape index (κ2) is 7.24. The van der Waals surface area contributed by atoms with Gasteiger partial charge >= 0.3 is 0 Å². The number of carbonyl (C=O) groups excluding carboxylic acids is 1. The summed E-state index contributed by atoms with van der Waals surface area (Å²) in [7, 11) is 0. The topological polar surface area (TPSA) is 61.5 Å². The molecular weight excluding hydrogens is 280 g/mol. The number of aromatic nitrogens is 2. The van der Waals surface area contributed by atoms with Crippen molar-refractivity contribution in [2.45, 2.75) is 32.1 Å². The Morgan fingerprint density at radius 3 is 2.95 bits per heavy atom. The molecule has 0 radical (unpaired) electrons. The molecule has 2 fully saturated rings. The maximum atomic E-state index is 12.2. The van der Waals surface area contributed by atoms with Crippen LogP contribution in [-0.2, 0) is 9.53 Å². The summed E-state index contributed by atoms with van der Waals surface area (Å²) >= 11 is 0. The molecule has 1 aromatic rings. The molecule has 1 atom stereocenters. The van der Waals surface area contributed by atoms with Crippen LogP contribution in [0.15, 0.2) is 6.07 Å². The zero-order chi connectivity index (χ0) is 15.4.